The van der Waals surface area contributed by atoms with Crippen molar-refractivity contribution < 1.29 is 19.1 Å². The molecule has 0 radical (unpaired) electrons. The molecule has 4 aromatic rings. The smallest absolute Gasteiger partial charge is 0.273 e. The molecule has 4 heterocycles. The molecule has 9 nitrogen and oxygen atoms in total. The van der Waals surface area contributed by atoms with E-state index in [1.165, 1.54) is 17.2 Å². The highest BCUT2D eigenvalue weighted by Gasteiger charge is 2.42. The van der Waals surface area contributed by atoms with E-state index in [2.05, 4.69) is 86.8 Å². The van der Waals surface area contributed by atoms with Gasteiger partial charge in [0.05, 0.1) is 35.4 Å². The third-order valence-corrected chi connectivity index (χ3v) is 17.2. The minimum atomic E-state index is -2.12. The molecule has 1 atom stereocenters. The van der Waals surface area contributed by atoms with Crippen LogP contribution in [0.4, 0.5) is 0 Å². The number of thiazole rings is 1. The number of rotatable bonds is 12. The second-order valence-electron chi connectivity index (χ2n) is 17.0. The molecule has 2 fully saturated rings. The molecule has 2 aliphatic rings. The molecule has 2 aliphatic heterocycles. The van der Waals surface area contributed by atoms with E-state index < -0.39 is 8.32 Å². The van der Waals surface area contributed by atoms with Crippen LogP contribution in [0.15, 0.2) is 58.7 Å². The number of aromatic hydroxyl groups is 1. The molecule has 0 saturated carbocycles. The Morgan fingerprint density at radius 1 is 1.08 bits per heavy atom. The monoisotopic (exact) mass is 758 g/mol. The fourth-order valence-electron chi connectivity index (χ4n) is 7.40. The summed E-state index contributed by atoms with van der Waals surface area (Å²) >= 11 is 1.57. The Morgan fingerprint density at radius 2 is 1.83 bits per heavy atom. The number of morpholine rings is 1. The van der Waals surface area contributed by atoms with Gasteiger partial charge >= 0.3 is 0 Å². The quantitative estimate of drug-likeness (QED) is 0.110. The van der Waals surface area contributed by atoms with Crippen LogP contribution in [-0.2, 0) is 22.1 Å². The van der Waals surface area contributed by atoms with Crippen LogP contribution in [0.5, 0.6) is 5.75 Å². The molecular weight excluding hydrogens is 701 g/mol. The molecule has 6 rings (SSSR count). The number of phenols is 1. The van der Waals surface area contributed by atoms with Crippen molar-refractivity contribution in [1.82, 2.24) is 19.8 Å². The molecule has 2 saturated heterocycles. The van der Waals surface area contributed by atoms with Crippen molar-refractivity contribution >= 4 is 36.5 Å². The molecular formula is C42H58N4O5SSi. The number of nitrogens with zero attached hydrogens (tertiary/aromatic N) is 3. The molecule has 0 aliphatic carbocycles. The zero-order chi connectivity index (χ0) is 38.0. The standard InChI is InChI=1S/C42H58N4O5SSi/c1-29(2)39-43-34(27-52-39)40(49)46-23-24-50-42(28-46)19-21-45(22-20-42)26-31-13-10-12-30(25-31)11-8-9-14-36(51-53(6,7)41(3,4)5)32-15-17-35(47)38-33(32)16-18-37(48)44-38/h10,12-13,15-18,25,27,29,36,47H,8-9,11,14,19-24,26,28H2,1-7H3,(H,44,48)/t36-/m0/s1. The SMILES string of the molecule is CC(C)c1nc(C(=O)N2CCOC3(CCN(Cc4cccc(CCCC[C@H](O[Si](C)(C)C(C)(C)C)c5ccc(O)c6[nH]c(=O)ccc56)c4)CC3)C2)cs1. The Morgan fingerprint density at radius 3 is 2.55 bits per heavy atom. The maximum absolute atomic E-state index is 13.3. The van der Waals surface area contributed by atoms with Crippen LogP contribution in [0.1, 0.15) is 111 Å². The molecule has 0 unspecified atom stereocenters. The van der Waals surface area contributed by atoms with Gasteiger partial charge < -0.3 is 24.2 Å². The average molecular weight is 759 g/mol. The second-order valence-corrected chi connectivity index (χ2v) is 22.6. The van der Waals surface area contributed by atoms with Gasteiger partial charge in [-0.25, -0.2) is 4.98 Å². The molecule has 2 N–H and O–H groups in total. The minimum absolute atomic E-state index is 0.0279. The van der Waals surface area contributed by atoms with E-state index in [0.717, 1.165) is 74.1 Å². The van der Waals surface area contributed by atoms with Crippen molar-refractivity contribution in [3.05, 3.63) is 91.7 Å². The number of aromatic amines is 1. The number of aryl methyl sites for hydroxylation is 1. The van der Waals surface area contributed by atoms with Gasteiger partial charge in [0.15, 0.2) is 8.32 Å². The van der Waals surface area contributed by atoms with Gasteiger partial charge in [-0.15, -0.1) is 11.3 Å². The number of carbonyl (C=O) groups excluding carboxylic acids is 1. The number of carbonyl (C=O) groups is 1. The predicted molar refractivity (Wildman–Crippen MR) is 217 cm³/mol. The van der Waals surface area contributed by atoms with E-state index in [-0.39, 0.29) is 34.0 Å². The van der Waals surface area contributed by atoms with Gasteiger partial charge in [-0.3, -0.25) is 14.5 Å². The van der Waals surface area contributed by atoms with Crippen LogP contribution in [0.2, 0.25) is 18.1 Å². The van der Waals surface area contributed by atoms with E-state index in [1.807, 2.05) is 22.4 Å². The first-order valence-electron chi connectivity index (χ1n) is 19.3. The number of aromatic nitrogens is 2. The maximum Gasteiger partial charge on any atom is 0.273 e. The zero-order valence-corrected chi connectivity index (χ0v) is 34.5. The lowest BCUT2D eigenvalue weighted by Crippen LogP contribution is -2.58. The van der Waals surface area contributed by atoms with Crippen LogP contribution >= 0.6 is 11.3 Å². The van der Waals surface area contributed by atoms with Crippen molar-refractivity contribution in [2.45, 2.75) is 115 Å². The molecule has 2 aromatic carbocycles. The Kier molecular flexibility index (Phi) is 12.0. The number of pyridine rings is 1. The van der Waals surface area contributed by atoms with E-state index in [1.54, 1.807) is 17.4 Å². The number of amides is 1. The number of benzene rings is 2. The lowest BCUT2D eigenvalue weighted by atomic mass is 9.89. The van der Waals surface area contributed by atoms with E-state index >= 15 is 0 Å². The van der Waals surface area contributed by atoms with E-state index in [4.69, 9.17) is 9.16 Å². The minimum Gasteiger partial charge on any atom is -0.506 e. The summed E-state index contributed by atoms with van der Waals surface area (Å²) in [5.74, 6) is 0.423. The first-order valence-corrected chi connectivity index (χ1v) is 23.1. The first-order chi connectivity index (χ1) is 25.1. The van der Waals surface area contributed by atoms with Crippen molar-refractivity contribution in [3.63, 3.8) is 0 Å². The van der Waals surface area contributed by atoms with Crippen LogP contribution < -0.4 is 5.56 Å². The number of likely N-dealkylation sites (tertiary alicyclic amines) is 1. The Labute approximate surface area is 319 Å². The van der Waals surface area contributed by atoms with Gasteiger partial charge in [0, 0.05) is 48.9 Å². The summed E-state index contributed by atoms with van der Waals surface area (Å²) in [4.78, 5) is 37.3. The lowest BCUT2D eigenvalue weighted by molar-refractivity contribution is -0.128. The first kappa shape index (κ1) is 39.3. The maximum atomic E-state index is 13.3. The average Bonchev–Trinajstić information content (AvgIpc) is 3.62. The molecule has 2 aromatic heterocycles. The highest BCUT2D eigenvalue weighted by atomic mass is 32.1. The summed E-state index contributed by atoms with van der Waals surface area (Å²) in [5.41, 5.74) is 4.21. The number of phenolic OH excluding ortho intramolecular Hbond substituents is 1. The zero-order valence-electron chi connectivity index (χ0n) is 32.7. The molecule has 286 valence electrons. The number of H-pyrrole nitrogens is 1. The molecule has 1 spiro atoms. The van der Waals surface area contributed by atoms with Gasteiger partial charge in [0.2, 0.25) is 5.56 Å². The van der Waals surface area contributed by atoms with Gasteiger partial charge in [-0.05, 0) is 79.1 Å². The lowest BCUT2D eigenvalue weighted by Gasteiger charge is -2.47. The highest BCUT2D eigenvalue weighted by Crippen LogP contribution is 2.43. The second kappa shape index (κ2) is 16.2. The summed E-state index contributed by atoms with van der Waals surface area (Å²) in [6.07, 6.45) is 5.56. The summed E-state index contributed by atoms with van der Waals surface area (Å²) in [6.45, 7) is 20.2. The number of hydrogen-bond acceptors (Lipinski definition) is 8. The third kappa shape index (κ3) is 9.31. The number of unbranched alkanes of at least 4 members (excludes halogenated alkanes) is 1. The number of fused-ring (bicyclic) bond motifs is 1. The molecule has 11 heteroatoms. The molecule has 1 amide bonds. The van der Waals surface area contributed by atoms with Crippen LogP contribution in [-0.4, -0.2) is 77.5 Å². The van der Waals surface area contributed by atoms with Crippen molar-refractivity contribution in [1.29, 1.82) is 0 Å². The van der Waals surface area contributed by atoms with Crippen LogP contribution in [0, 0.1) is 0 Å². The number of hydrogen-bond donors (Lipinski definition) is 2. The van der Waals surface area contributed by atoms with Gasteiger partial charge in [0.25, 0.3) is 5.91 Å². The van der Waals surface area contributed by atoms with Gasteiger partial charge in [-0.2, -0.15) is 0 Å². The summed E-state index contributed by atoms with van der Waals surface area (Å²) in [5, 5.41) is 14.3. The van der Waals surface area contributed by atoms with E-state index in [0.29, 0.717) is 36.8 Å². The fraction of sp³-hybridized carbons (Fsp3) is 0.548. The summed E-state index contributed by atoms with van der Waals surface area (Å²) in [6, 6.07) is 16.0. The van der Waals surface area contributed by atoms with Crippen molar-refractivity contribution in [2.24, 2.45) is 0 Å². The topological polar surface area (TPSA) is 108 Å². The molecule has 0 bridgehead atoms. The normalized spacial score (nSPS) is 17.5. The largest absolute Gasteiger partial charge is 0.506 e. The molecule has 53 heavy (non-hydrogen) atoms. The Bertz CT molecular complexity index is 1940. The predicted octanol–water partition coefficient (Wildman–Crippen LogP) is 8.80. The van der Waals surface area contributed by atoms with Gasteiger partial charge in [0.1, 0.15) is 11.4 Å². The number of nitrogens with one attached hydrogen (secondary N) is 1. The Hall–Kier alpha value is -3.35. The van der Waals surface area contributed by atoms with Crippen LogP contribution in [0.25, 0.3) is 10.9 Å². The fourth-order valence-corrected chi connectivity index (χ4v) is 9.52. The summed E-state index contributed by atoms with van der Waals surface area (Å²) < 4.78 is 13.4. The van der Waals surface area contributed by atoms with Crippen LogP contribution in [0.3, 0.4) is 0 Å². The van der Waals surface area contributed by atoms with Crippen molar-refractivity contribution in [3.8, 4) is 5.75 Å². The third-order valence-electron chi connectivity index (χ3n) is 11.6. The summed E-state index contributed by atoms with van der Waals surface area (Å²) in [7, 11) is -2.12. The highest BCUT2D eigenvalue weighted by molar-refractivity contribution is 7.09. The number of piperidine rings is 1. The van der Waals surface area contributed by atoms with Crippen molar-refractivity contribution in [2.75, 3.05) is 32.8 Å². The van der Waals surface area contributed by atoms with Gasteiger partial charge in [-0.1, -0.05) is 71.4 Å². The Balaban J connectivity index is 1.03. The van der Waals surface area contributed by atoms with E-state index in [9.17, 15) is 14.7 Å². The number of ether oxygens (including phenoxy) is 1.